The molecule has 5 rings (SSSR count). The minimum Gasteiger partial charge on any atom is -0.315 e. The standard InChI is InChI=1S/C20H19N5OS2/c1-12-6-7-13-16(8-12)28-20(24-17(26)9-25-11-21-10-22-25)18(13)19-23-14-4-2-3-5-15(14)27-19/h2-5,10-12H,6-9H2,1H3,(H,24,26). The van der Waals surface area contributed by atoms with Crippen LogP contribution in [-0.2, 0) is 24.2 Å². The summed E-state index contributed by atoms with van der Waals surface area (Å²) in [6.45, 7) is 2.45. The Bertz CT molecular complexity index is 1110. The van der Waals surface area contributed by atoms with Crippen molar-refractivity contribution in [3.05, 3.63) is 47.4 Å². The highest BCUT2D eigenvalue weighted by Crippen LogP contribution is 2.47. The van der Waals surface area contributed by atoms with E-state index >= 15 is 0 Å². The number of nitrogens with zero attached hydrogens (tertiary/aromatic N) is 4. The van der Waals surface area contributed by atoms with Crippen molar-refractivity contribution in [2.24, 2.45) is 5.92 Å². The van der Waals surface area contributed by atoms with Crippen LogP contribution in [0.5, 0.6) is 0 Å². The number of hydrogen-bond acceptors (Lipinski definition) is 6. The monoisotopic (exact) mass is 409 g/mol. The lowest BCUT2D eigenvalue weighted by molar-refractivity contribution is -0.116. The van der Waals surface area contributed by atoms with Gasteiger partial charge in [-0.25, -0.2) is 14.6 Å². The number of anilines is 1. The second-order valence-electron chi connectivity index (χ2n) is 7.18. The third-order valence-electron chi connectivity index (χ3n) is 5.04. The predicted molar refractivity (Wildman–Crippen MR) is 113 cm³/mol. The second-order valence-corrected chi connectivity index (χ2v) is 9.32. The molecule has 1 atom stereocenters. The molecule has 1 unspecified atom stereocenters. The summed E-state index contributed by atoms with van der Waals surface area (Å²) in [5, 5.41) is 9.04. The number of carbonyl (C=O) groups is 1. The van der Waals surface area contributed by atoms with E-state index in [1.54, 1.807) is 29.0 Å². The van der Waals surface area contributed by atoms with Crippen LogP contribution in [0.1, 0.15) is 23.8 Å². The van der Waals surface area contributed by atoms with Gasteiger partial charge in [-0.3, -0.25) is 4.79 Å². The van der Waals surface area contributed by atoms with Crippen LogP contribution in [0.15, 0.2) is 36.9 Å². The molecule has 8 heteroatoms. The van der Waals surface area contributed by atoms with Gasteiger partial charge in [0.25, 0.3) is 0 Å². The van der Waals surface area contributed by atoms with E-state index in [2.05, 4.69) is 28.4 Å². The molecule has 3 aromatic heterocycles. The van der Waals surface area contributed by atoms with Gasteiger partial charge >= 0.3 is 0 Å². The van der Waals surface area contributed by atoms with E-state index in [-0.39, 0.29) is 12.5 Å². The fourth-order valence-electron chi connectivity index (χ4n) is 3.67. The lowest BCUT2D eigenvalue weighted by Gasteiger charge is -2.18. The summed E-state index contributed by atoms with van der Waals surface area (Å²) < 4.78 is 2.70. The molecule has 4 aromatic rings. The third kappa shape index (κ3) is 3.22. The number of para-hydroxylation sites is 1. The average molecular weight is 410 g/mol. The van der Waals surface area contributed by atoms with E-state index in [0.29, 0.717) is 5.92 Å². The van der Waals surface area contributed by atoms with Crippen LogP contribution in [0.4, 0.5) is 5.00 Å². The molecule has 3 heterocycles. The van der Waals surface area contributed by atoms with E-state index in [9.17, 15) is 4.79 Å². The number of hydrogen-bond donors (Lipinski definition) is 1. The van der Waals surface area contributed by atoms with Crippen LogP contribution in [-0.4, -0.2) is 25.7 Å². The molecular formula is C20H19N5OS2. The summed E-state index contributed by atoms with van der Waals surface area (Å²) in [6.07, 6.45) is 6.27. The molecule has 142 valence electrons. The Morgan fingerprint density at radius 3 is 3.04 bits per heavy atom. The van der Waals surface area contributed by atoms with Crippen molar-refractivity contribution in [1.29, 1.82) is 0 Å². The predicted octanol–water partition coefficient (Wildman–Crippen LogP) is 4.38. The van der Waals surface area contributed by atoms with Crippen LogP contribution >= 0.6 is 22.7 Å². The highest BCUT2D eigenvalue weighted by atomic mass is 32.1. The Morgan fingerprint density at radius 2 is 2.21 bits per heavy atom. The van der Waals surface area contributed by atoms with Crippen LogP contribution < -0.4 is 5.32 Å². The number of nitrogens with one attached hydrogen (secondary N) is 1. The highest BCUT2D eigenvalue weighted by Gasteiger charge is 2.27. The van der Waals surface area contributed by atoms with E-state index in [0.717, 1.165) is 33.9 Å². The van der Waals surface area contributed by atoms with E-state index < -0.39 is 0 Å². The molecule has 0 spiro atoms. The summed E-state index contributed by atoms with van der Waals surface area (Å²) in [7, 11) is 0. The summed E-state index contributed by atoms with van der Waals surface area (Å²) >= 11 is 3.39. The SMILES string of the molecule is CC1CCc2c(sc(NC(=O)Cn3cncn3)c2-c2nc3ccccc3s2)C1. The van der Waals surface area contributed by atoms with Crippen molar-refractivity contribution < 1.29 is 4.79 Å². The van der Waals surface area contributed by atoms with Crippen molar-refractivity contribution in [3.63, 3.8) is 0 Å². The number of benzene rings is 1. The molecule has 0 saturated heterocycles. The van der Waals surface area contributed by atoms with Gasteiger partial charge in [0.1, 0.15) is 29.2 Å². The fourth-order valence-corrected chi connectivity index (χ4v) is 6.21. The number of fused-ring (bicyclic) bond motifs is 2. The number of thiophene rings is 1. The first kappa shape index (κ1) is 17.5. The summed E-state index contributed by atoms with van der Waals surface area (Å²) in [5.74, 6) is 0.576. The number of aromatic nitrogens is 4. The molecular weight excluding hydrogens is 390 g/mol. The van der Waals surface area contributed by atoms with Crippen LogP contribution in [0.25, 0.3) is 20.8 Å². The molecule has 0 saturated carbocycles. The molecule has 0 radical (unpaired) electrons. The second kappa shape index (κ2) is 7.10. The Morgan fingerprint density at radius 1 is 1.32 bits per heavy atom. The fraction of sp³-hybridized carbons (Fsp3) is 0.300. The van der Waals surface area contributed by atoms with Gasteiger partial charge in [-0.2, -0.15) is 5.10 Å². The molecule has 28 heavy (non-hydrogen) atoms. The Balaban J connectivity index is 1.55. The number of carbonyl (C=O) groups excluding carboxylic acids is 1. The molecule has 0 aliphatic heterocycles. The Kier molecular flexibility index (Phi) is 4.44. The van der Waals surface area contributed by atoms with Crippen molar-refractivity contribution in [2.75, 3.05) is 5.32 Å². The van der Waals surface area contributed by atoms with Gasteiger partial charge in [-0.15, -0.1) is 22.7 Å². The molecule has 1 aliphatic rings. The zero-order valence-electron chi connectivity index (χ0n) is 15.4. The maximum absolute atomic E-state index is 12.6. The zero-order chi connectivity index (χ0) is 19.1. The summed E-state index contributed by atoms with van der Waals surface area (Å²) in [6, 6.07) is 8.19. The molecule has 0 fully saturated rings. The van der Waals surface area contributed by atoms with E-state index in [4.69, 9.17) is 4.98 Å². The van der Waals surface area contributed by atoms with Crippen LogP contribution in [0.3, 0.4) is 0 Å². The van der Waals surface area contributed by atoms with Crippen molar-refractivity contribution >= 4 is 43.8 Å². The van der Waals surface area contributed by atoms with Gasteiger partial charge < -0.3 is 5.32 Å². The van der Waals surface area contributed by atoms with E-state index in [1.165, 1.54) is 32.6 Å². The number of thiazole rings is 1. The lowest BCUT2D eigenvalue weighted by atomic mass is 9.88. The van der Waals surface area contributed by atoms with Gasteiger partial charge in [0.05, 0.1) is 10.2 Å². The van der Waals surface area contributed by atoms with Crippen molar-refractivity contribution in [1.82, 2.24) is 19.7 Å². The molecule has 1 amide bonds. The minimum absolute atomic E-state index is 0.0977. The Labute approximate surface area is 170 Å². The molecule has 1 aromatic carbocycles. The van der Waals surface area contributed by atoms with Gasteiger partial charge in [0.2, 0.25) is 5.91 Å². The van der Waals surface area contributed by atoms with Gasteiger partial charge in [-0.1, -0.05) is 19.1 Å². The largest absolute Gasteiger partial charge is 0.315 e. The highest BCUT2D eigenvalue weighted by molar-refractivity contribution is 7.22. The molecule has 0 bridgehead atoms. The summed E-state index contributed by atoms with van der Waals surface area (Å²) in [4.78, 5) is 22.8. The quantitative estimate of drug-likeness (QED) is 0.543. The zero-order valence-corrected chi connectivity index (χ0v) is 17.0. The topological polar surface area (TPSA) is 72.7 Å². The molecule has 1 aliphatic carbocycles. The van der Waals surface area contributed by atoms with Gasteiger partial charge in [-0.05, 0) is 42.9 Å². The normalized spacial score (nSPS) is 16.2. The maximum atomic E-state index is 12.6. The van der Waals surface area contributed by atoms with Crippen molar-refractivity contribution in [3.8, 4) is 10.6 Å². The number of amides is 1. The molecule has 6 nitrogen and oxygen atoms in total. The number of rotatable bonds is 4. The average Bonchev–Trinajstić information content (AvgIpc) is 3.38. The van der Waals surface area contributed by atoms with Crippen LogP contribution in [0, 0.1) is 5.92 Å². The van der Waals surface area contributed by atoms with Gasteiger partial charge in [0.15, 0.2) is 0 Å². The first-order chi connectivity index (χ1) is 13.7. The third-order valence-corrected chi connectivity index (χ3v) is 7.27. The first-order valence-electron chi connectivity index (χ1n) is 9.30. The Hall–Kier alpha value is -2.58. The summed E-state index contributed by atoms with van der Waals surface area (Å²) in [5.41, 5.74) is 3.48. The first-order valence-corrected chi connectivity index (χ1v) is 10.9. The van der Waals surface area contributed by atoms with E-state index in [1.807, 2.05) is 18.2 Å². The molecule has 1 N–H and O–H groups in total. The minimum atomic E-state index is -0.0977. The van der Waals surface area contributed by atoms with Gasteiger partial charge in [0, 0.05) is 10.4 Å². The maximum Gasteiger partial charge on any atom is 0.246 e. The van der Waals surface area contributed by atoms with Crippen molar-refractivity contribution in [2.45, 2.75) is 32.7 Å². The van der Waals surface area contributed by atoms with Crippen LogP contribution in [0.2, 0.25) is 0 Å². The smallest absolute Gasteiger partial charge is 0.246 e. The lowest BCUT2D eigenvalue weighted by Crippen LogP contribution is -2.18.